The molecule has 4 nitrogen and oxygen atoms in total. The Morgan fingerprint density at radius 2 is 2.31 bits per heavy atom. The van der Waals surface area contributed by atoms with Crippen LogP contribution in [-0.2, 0) is 0 Å². The van der Waals surface area contributed by atoms with Crippen molar-refractivity contribution in [3.05, 3.63) is 17.8 Å². The molecular weight excluding hydrogens is 168 g/mol. The molecule has 3 N–H and O–H groups in total. The maximum atomic E-state index is 9.63. The fraction of sp³-hybridized carbons (Fsp3) is 0.667. The zero-order valence-corrected chi connectivity index (χ0v) is 8.24. The standard InChI is InChI=1S/C9H16N2O2/c1-6-5-13-8(11-6)7(12)4-9(2,3)10/h5,7,12H,4,10H2,1-3H3. The van der Waals surface area contributed by atoms with Gasteiger partial charge < -0.3 is 15.3 Å². The Balaban J connectivity index is 2.64. The topological polar surface area (TPSA) is 72.3 Å². The first-order valence-corrected chi connectivity index (χ1v) is 4.27. The van der Waals surface area contributed by atoms with Crippen molar-refractivity contribution < 1.29 is 9.52 Å². The number of hydrogen-bond donors (Lipinski definition) is 2. The molecule has 13 heavy (non-hydrogen) atoms. The third-order valence-corrected chi connectivity index (χ3v) is 1.64. The van der Waals surface area contributed by atoms with E-state index < -0.39 is 11.6 Å². The lowest BCUT2D eigenvalue weighted by Gasteiger charge is -2.20. The molecule has 74 valence electrons. The maximum absolute atomic E-state index is 9.63. The average molecular weight is 184 g/mol. The first-order chi connectivity index (χ1) is 5.88. The van der Waals surface area contributed by atoms with Gasteiger partial charge in [-0.05, 0) is 27.2 Å². The molecular formula is C9H16N2O2. The minimum absolute atomic E-state index is 0.344. The first-order valence-electron chi connectivity index (χ1n) is 4.27. The van der Waals surface area contributed by atoms with Crippen molar-refractivity contribution in [2.45, 2.75) is 38.8 Å². The summed E-state index contributed by atoms with van der Waals surface area (Å²) >= 11 is 0. The van der Waals surface area contributed by atoms with Crippen LogP contribution in [0.3, 0.4) is 0 Å². The van der Waals surface area contributed by atoms with E-state index in [1.165, 1.54) is 6.26 Å². The number of aliphatic hydroxyl groups excluding tert-OH is 1. The van der Waals surface area contributed by atoms with E-state index >= 15 is 0 Å². The highest BCUT2D eigenvalue weighted by Gasteiger charge is 2.21. The van der Waals surface area contributed by atoms with Crippen LogP contribution in [0.2, 0.25) is 0 Å². The van der Waals surface area contributed by atoms with Crippen molar-refractivity contribution in [3.8, 4) is 0 Å². The van der Waals surface area contributed by atoms with Crippen LogP contribution in [0.1, 0.15) is 38.0 Å². The number of rotatable bonds is 3. The van der Waals surface area contributed by atoms with E-state index in [1.807, 2.05) is 20.8 Å². The Morgan fingerprint density at radius 1 is 1.69 bits per heavy atom. The minimum Gasteiger partial charge on any atom is -0.446 e. The number of aromatic nitrogens is 1. The van der Waals surface area contributed by atoms with Gasteiger partial charge in [0.25, 0.3) is 0 Å². The number of hydrogen-bond acceptors (Lipinski definition) is 4. The molecule has 4 heteroatoms. The monoisotopic (exact) mass is 184 g/mol. The molecule has 1 aromatic rings. The van der Waals surface area contributed by atoms with Gasteiger partial charge in [-0.1, -0.05) is 0 Å². The van der Waals surface area contributed by atoms with Crippen LogP contribution >= 0.6 is 0 Å². The lowest BCUT2D eigenvalue weighted by atomic mass is 9.98. The molecule has 0 aliphatic rings. The van der Waals surface area contributed by atoms with E-state index in [0.29, 0.717) is 12.3 Å². The van der Waals surface area contributed by atoms with Gasteiger partial charge in [-0.3, -0.25) is 0 Å². The highest BCUT2D eigenvalue weighted by Crippen LogP contribution is 2.21. The Bertz CT molecular complexity index is 275. The first kappa shape index (κ1) is 10.2. The summed E-state index contributed by atoms with van der Waals surface area (Å²) in [6.45, 7) is 5.52. The van der Waals surface area contributed by atoms with Crippen LogP contribution in [0.4, 0.5) is 0 Å². The van der Waals surface area contributed by atoms with Crippen molar-refractivity contribution >= 4 is 0 Å². The molecule has 1 heterocycles. The van der Waals surface area contributed by atoms with Gasteiger partial charge in [0, 0.05) is 5.54 Å². The molecule has 1 rings (SSSR count). The highest BCUT2D eigenvalue weighted by molar-refractivity contribution is 4.97. The molecule has 0 saturated carbocycles. The van der Waals surface area contributed by atoms with E-state index in [1.54, 1.807) is 0 Å². The largest absolute Gasteiger partial charge is 0.446 e. The van der Waals surface area contributed by atoms with Crippen molar-refractivity contribution in [2.75, 3.05) is 0 Å². The van der Waals surface area contributed by atoms with Gasteiger partial charge in [0.2, 0.25) is 5.89 Å². The average Bonchev–Trinajstić information content (AvgIpc) is 2.31. The predicted molar refractivity (Wildman–Crippen MR) is 49.1 cm³/mol. The number of nitrogens with two attached hydrogens (primary N) is 1. The second kappa shape index (κ2) is 3.47. The fourth-order valence-electron chi connectivity index (χ4n) is 1.11. The number of oxazole rings is 1. The zero-order chi connectivity index (χ0) is 10.1. The SMILES string of the molecule is Cc1coc(C(O)CC(C)(C)N)n1. The Kier molecular flexibility index (Phi) is 2.73. The van der Waals surface area contributed by atoms with Gasteiger partial charge in [-0.25, -0.2) is 4.98 Å². The Morgan fingerprint density at radius 3 is 2.69 bits per heavy atom. The van der Waals surface area contributed by atoms with Crippen LogP contribution in [0.25, 0.3) is 0 Å². The summed E-state index contributed by atoms with van der Waals surface area (Å²) in [4.78, 5) is 4.02. The van der Waals surface area contributed by atoms with Crippen LogP contribution in [0.5, 0.6) is 0 Å². The van der Waals surface area contributed by atoms with Crippen LogP contribution in [0.15, 0.2) is 10.7 Å². The van der Waals surface area contributed by atoms with E-state index in [2.05, 4.69) is 4.98 Å². The third kappa shape index (κ3) is 3.16. The Hall–Kier alpha value is -0.870. The van der Waals surface area contributed by atoms with Gasteiger partial charge in [-0.2, -0.15) is 0 Å². The summed E-state index contributed by atoms with van der Waals surface area (Å²) in [7, 11) is 0. The summed E-state index contributed by atoms with van der Waals surface area (Å²) in [5, 5.41) is 9.63. The quantitative estimate of drug-likeness (QED) is 0.739. The number of aliphatic hydroxyl groups is 1. The molecule has 1 unspecified atom stereocenters. The van der Waals surface area contributed by atoms with Crippen molar-refractivity contribution in [1.29, 1.82) is 0 Å². The minimum atomic E-state index is -0.714. The van der Waals surface area contributed by atoms with Gasteiger partial charge in [-0.15, -0.1) is 0 Å². The molecule has 1 atom stereocenters. The molecule has 0 saturated heterocycles. The zero-order valence-electron chi connectivity index (χ0n) is 8.24. The lowest BCUT2D eigenvalue weighted by molar-refractivity contribution is 0.112. The lowest BCUT2D eigenvalue weighted by Crippen LogP contribution is -2.33. The normalized spacial score (nSPS) is 14.5. The summed E-state index contributed by atoms with van der Waals surface area (Å²) in [6.07, 6.45) is 1.24. The molecule has 0 amide bonds. The molecule has 0 radical (unpaired) electrons. The van der Waals surface area contributed by atoms with Crippen LogP contribution < -0.4 is 5.73 Å². The molecule has 1 aromatic heterocycles. The van der Waals surface area contributed by atoms with Crippen LogP contribution in [0, 0.1) is 6.92 Å². The van der Waals surface area contributed by atoms with Gasteiger partial charge in [0.1, 0.15) is 12.4 Å². The second-order valence-corrected chi connectivity index (χ2v) is 4.04. The van der Waals surface area contributed by atoms with E-state index in [0.717, 1.165) is 5.69 Å². The van der Waals surface area contributed by atoms with Crippen LogP contribution in [-0.4, -0.2) is 15.6 Å². The molecule has 0 bridgehead atoms. The molecule has 0 aliphatic carbocycles. The predicted octanol–water partition coefficient (Wildman–Crippen LogP) is 1.14. The summed E-state index contributed by atoms with van der Waals surface area (Å²) in [5.74, 6) is 0.344. The van der Waals surface area contributed by atoms with Crippen molar-refractivity contribution in [3.63, 3.8) is 0 Å². The molecule has 0 fully saturated rings. The molecule has 0 spiro atoms. The van der Waals surface area contributed by atoms with Crippen molar-refractivity contribution in [1.82, 2.24) is 4.98 Å². The summed E-state index contributed by atoms with van der Waals surface area (Å²) in [5.41, 5.74) is 6.10. The van der Waals surface area contributed by atoms with E-state index in [9.17, 15) is 5.11 Å². The third-order valence-electron chi connectivity index (χ3n) is 1.64. The van der Waals surface area contributed by atoms with Gasteiger partial charge in [0.15, 0.2) is 0 Å². The highest BCUT2D eigenvalue weighted by atomic mass is 16.4. The number of nitrogens with zero attached hydrogens (tertiary/aromatic N) is 1. The van der Waals surface area contributed by atoms with Crippen molar-refractivity contribution in [2.24, 2.45) is 5.73 Å². The fourth-order valence-corrected chi connectivity index (χ4v) is 1.11. The Labute approximate surface area is 77.8 Å². The smallest absolute Gasteiger partial charge is 0.223 e. The molecule has 0 aliphatic heterocycles. The summed E-state index contributed by atoms with van der Waals surface area (Å²) < 4.78 is 5.06. The van der Waals surface area contributed by atoms with E-state index in [-0.39, 0.29) is 0 Å². The van der Waals surface area contributed by atoms with Gasteiger partial charge >= 0.3 is 0 Å². The van der Waals surface area contributed by atoms with E-state index in [4.69, 9.17) is 10.2 Å². The van der Waals surface area contributed by atoms with Gasteiger partial charge in [0.05, 0.1) is 5.69 Å². The maximum Gasteiger partial charge on any atom is 0.223 e. The molecule has 0 aromatic carbocycles. The summed E-state index contributed by atoms with van der Waals surface area (Å²) in [6, 6.07) is 0. The number of aryl methyl sites for hydroxylation is 1. The second-order valence-electron chi connectivity index (χ2n) is 4.04.